The highest BCUT2D eigenvalue weighted by molar-refractivity contribution is 9.10. The third-order valence-corrected chi connectivity index (χ3v) is 6.49. The number of nitrogens with zero attached hydrogens (tertiary/aromatic N) is 4. The Hall–Kier alpha value is -1.72. The third kappa shape index (κ3) is 4.58. The van der Waals surface area contributed by atoms with Crippen molar-refractivity contribution in [1.29, 1.82) is 0 Å². The summed E-state index contributed by atoms with van der Waals surface area (Å²) in [5.41, 5.74) is -1.02. The monoisotopic (exact) mass is 464 g/mol. The molecular formula is C16H16BrF3N4O2S. The van der Waals surface area contributed by atoms with Gasteiger partial charge in [-0.25, -0.2) is 18.4 Å². The highest BCUT2D eigenvalue weighted by Crippen LogP contribution is 2.28. The molecule has 0 N–H and O–H groups in total. The SMILES string of the molecule is O=S(=O)(c1cccc(Br)c1)N1CCCN(c2nccc(C(F)(F)F)n2)CC1. The molecule has 146 valence electrons. The minimum absolute atomic E-state index is 0.0495. The zero-order chi connectivity index (χ0) is 19.7. The van der Waals surface area contributed by atoms with E-state index in [0.717, 1.165) is 12.3 Å². The number of anilines is 1. The molecule has 0 atom stereocenters. The molecule has 1 aliphatic rings. The number of benzene rings is 1. The van der Waals surface area contributed by atoms with Gasteiger partial charge in [0.15, 0.2) is 0 Å². The fraction of sp³-hybridized carbons (Fsp3) is 0.375. The molecule has 1 aliphatic heterocycles. The predicted molar refractivity (Wildman–Crippen MR) is 96.8 cm³/mol. The van der Waals surface area contributed by atoms with Gasteiger partial charge in [0, 0.05) is 36.8 Å². The molecule has 27 heavy (non-hydrogen) atoms. The van der Waals surface area contributed by atoms with Crippen LogP contribution in [0.1, 0.15) is 12.1 Å². The molecule has 2 aromatic rings. The quantitative estimate of drug-likeness (QED) is 0.697. The van der Waals surface area contributed by atoms with E-state index in [0.29, 0.717) is 17.4 Å². The van der Waals surface area contributed by atoms with Crippen LogP contribution in [-0.2, 0) is 16.2 Å². The Morgan fingerprint density at radius 1 is 1.07 bits per heavy atom. The van der Waals surface area contributed by atoms with Gasteiger partial charge in [-0.15, -0.1) is 0 Å². The molecule has 0 unspecified atom stereocenters. The third-order valence-electron chi connectivity index (χ3n) is 4.10. The molecular weight excluding hydrogens is 449 g/mol. The van der Waals surface area contributed by atoms with Gasteiger partial charge < -0.3 is 4.90 Å². The van der Waals surface area contributed by atoms with E-state index in [2.05, 4.69) is 25.9 Å². The van der Waals surface area contributed by atoms with E-state index in [1.165, 1.54) is 16.4 Å². The summed E-state index contributed by atoms with van der Waals surface area (Å²) in [6, 6.07) is 7.21. The molecule has 6 nitrogen and oxygen atoms in total. The van der Waals surface area contributed by atoms with Crippen molar-refractivity contribution in [3.8, 4) is 0 Å². The summed E-state index contributed by atoms with van der Waals surface area (Å²) in [6.07, 6.45) is -3.04. The Labute approximate surface area is 163 Å². The second kappa shape index (κ2) is 7.72. The highest BCUT2D eigenvalue weighted by Gasteiger charge is 2.34. The van der Waals surface area contributed by atoms with E-state index in [1.807, 2.05) is 0 Å². The Kier molecular flexibility index (Phi) is 5.73. The standard InChI is InChI=1S/C16H16BrF3N4O2S/c17-12-3-1-4-13(11-12)27(25,26)24-8-2-7-23(9-10-24)15-21-6-5-14(22-15)16(18,19)20/h1,3-6,11H,2,7-10H2. The van der Waals surface area contributed by atoms with Gasteiger partial charge in [0.1, 0.15) is 5.69 Å². The summed E-state index contributed by atoms with van der Waals surface area (Å²) < 4.78 is 66.2. The fourth-order valence-corrected chi connectivity index (χ4v) is 4.84. The average molecular weight is 465 g/mol. The topological polar surface area (TPSA) is 66.4 Å². The lowest BCUT2D eigenvalue weighted by atomic mass is 10.4. The summed E-state index contributed by atoms with van der Waals surface area (Å²) in [4.78, 5) is 9.24. The highest BCUT2D eigenvalue weighted by atomic mass is 79.9. The van der Waals surface area contributed by atoms with Crippen LogP contribution < -0.4 is 4.90 Å². The van der Waals surface area contributed by atoms with Gasteiger partial charge in [-0.2, -0.15) is 17.5 Å². The van der Waals surface area contributed by atoms with Crippen molar-refractivity contribution in [2.45, 2.75) is 17.5 Å². The first-order valence-corrected chi connectivity index (χ1v) is 10.3. The number of hydrogen-bond donors (Lipinski definition) is 0. The minimum Gasteiger partial charge on any atom is -0.339 e. The van der Waals surface area contributed by atoms with Gasteiger partial charge in [-0.05, 0) is 30.7 Å². The molecule has 0 amide bonds. The molecule has 1 aromatic carbocycles. The van der Waals surface area contributed by atoms with Crippen molar-refractivity contribution in [1.82, 2.24) is 14.3 Å². The number of alkyl halides is 3. The Balaban J connectivity index is 1.78. The van der Waals surface area contributed by atoms with Crippen LogP contribution >= 0.6 is 15.9 Å². The molecule has 11 heteroatoms. The van der Waals surface area contributed by atoms with Gasteiger partial charge in [0.25, 0.3) is 0 Å². The zero-order valence-electron chi connectivity index (χ0n) is 14.0. The second-order valence-corrected chi connectivity index (χ2v) is 8.80. The number of halogens is 4. The number of sulfonamides is 1. The normalized spacial score (nSPS) is 17.0. The van der Waals surface area contributed by atoms with Crippen molar-refractivity contribution >= 4 is 31.9 Å². The van der Waals surface area contributed by atoms with Gasteiger partial charge in [0.05, 0.1) is 4.90 Å². The van der Waals surface area contributed by atoms with Crippen LogP contribution in [-0.4, -0.2) is 48.9 Å². The molecule has 1 saturated heterocycles. The van der Waals surface area contributed by atoms with Crippen molar-refractivity contribution in [2.24, 2.45) is 0 Å². The van der Waals surface area contributed by atoms with Gasteiger partial charge in [0.2, 0.25) is 16.0 Å². The summed E-state index contributed by atoms with van der Waals surface area (Å²) >= 11 is 3.26. The van der Waals surface area contributed by atoms with E-state index < -0.39 is 21.9 Å². The molecule has 2 heterocycles. The van der Waals surface area contributed by atoms with Crippen LogP contribution in [0.3, 0.4) is 0 Å². The van der Waals surface area contributed by atoms with Crippen molar-refractivity contribution < 1.29 is 21.6 Å². The smallest absolute Gasteiger partial charge is 0.339 e. The molecule has 0 radical (unpaired) electrons. The maximum Gasteiger partial charge on any atom is 0.433 e. The zero-order valence-corrected chi connectivity index (χ0v) is 16.4. The Bertz CT molecular complexity index is 924. The Morgan fingerprint density at radius 3 is 2.56 bits per heavy atom. The first-order chi connectivity index (χ1) is 12.7. The molecule has 1 fully saturated rings. The number of rotatable bonds is 3. The summed E-state index contributed by atoms with van der Waals surface area (Å²) in [5.74, 6) is -0.0495. The van der Waals surface area contributed by atoms with Crippen LogP contribution in [0.25, 0.3) is 0 Å². The lowest BCUT2D eigenvalue weighted by Gasteiger charge is -2.22. The lowest BCUT2D eigenvalue weighted by molar-refractivity contribution is -0.141. The van der Waals surface area contributed by atoms with Crippen LogP contribution in [0, 0.1) is 0 Å². The Morgan fingerprint density at radius 2 is 1.85 bits per heavy atom. The summed E-state index contributed by atoms with van der Waals surface area (Å²) in [7, 11) is -3.69. The summed E-state index contributed by atoms with van der Waals surface area (Å²) in [5, 5.41) is 0. The van der Waals surface area contributed by atoms with Crippen LogP contribution in [0.2, 0.25) is 0 Å². The predicted octanol–water partition coefficient (Wildman–Crippen LogP) is 3.16. The van der Waals surface area contributed by atoms with Crippen LogP contribution in [0.4, 0.5) is 19.1 Å². The first kappa shape index (κ1) is 20.0. The largest absolute Gasteiger partial charge is 0.433 e. The summed E-state index contributed by atoms with van der Waals surface area (Å²) in [6.45, 7) is 0.971. The molecule has 0 spiro atoms. The average Bonchev–Trinajstić information content (AvgIpc) is 2.88. The van der Waals surface area contributed by atoms with E-state index in [1.54, 1.807) is 17.0 Å². The van der Waals surface area contributed by atoms with Crippen LogP contribution in [0.5, 0.6) is 0 Å². The maximum absolute atomic E-state index is 12.9. The lowest BCUT2D eigenvalue weighted by Crippen LogP contribution is -2.35. The maximum atomic E-state index is 12.9. The minimum atomic E-state index is -4.56. The molecule has 1 aromatic heterocycles. The van der Waals surface area contributed by atoms with Gasteiger partial charge in [-0.1, -0.05) is 22.0 Å². The number of aromatic nitrogens is 2. The first-order valence-electron chi connectivity index (χ1n) is 8.09. The van der Waals surface area contributed by atoms with Gasteiger partial charge in [-0.3, -0.25) is 0 Å². The molecule has 0 saturated carbocycles. The molecule has 0 aliphatic carbocycles. The van der Waals surface area contributed by atoms with E-state index in [9.17, 15) is 21.6 Å². The van der Waals surface area contributed by atoms with Crippen LogP contribution in [0.15, 0.2) is 45.9 Å². The van der Waals surface area contributed by atoms with E-state index in [-0.39, 0.29) is 30.5 Å². The fourth-order valence-electron chi connectivity index (χ4n) is 2.77. The molecule has 0 bridgehead atoms. The van der Waals surface area contributed by atoms with Crippen molar-refractivity contribution in [2.75, 3.05) is 31.1 Å². The number of hydrogen-bond acceptors (Lipinski definition) is 5. The molecule has 3 rings (SSSR count). The van der Waals surface area contributed by atoms with E-state index >= 15 is 0 Å². The van der Waals surface area contributed by atoms with Crippen molar-refractivity contribution in [3.05, 3.63) is 46.7 Å². The van der Waals surface area contributed by atoms with Gasteiger partial charge >= 0.3 is 6.18 Å². The van der Waals surface area contributed by atoms with E-state index in [4.69, 9.17) is 0 Å². The second-order valence-electron chi connectivity index (χ2n) is 5.94. The van der Waals surface area contributed by atoms with Crippen molar-refractivity contribution in [3.63, 3.8) is 0 Å².